The van der Waals surface area contributed by atoms with Gasteiger partial charge in [0.05, 0.1) is 25.9 Å². The number of aliphatic hydroxyl groups is 3. The van der Waals surface area contributed by atoms with Crippen molar-refractivity contribution in [3.8, 4) is 5.75 Å². The molecule has 3 aromatic rings. The van der Waals surface area contributed by atoms with Gasteiger partial charge in [-0.2, -0.15) is 0 Å². The number of esters is 1. The summed E-state index contributed by atoms with van der Waals surface area (Å²) in [6.45, 7) is 7.33. The topological polar surface area (TPSA) is 177 Å². The maximum atomic E-state index is 14.6. The third-order valence-corrected chi connectivity index (χ3v) is 15.3. The highest BCUT2D eigenvalue weighted by Crippen LogP contribution is 2.67. The lowest BCUT2D eigenvalue weighted by molar-refractivity contribution is -0.203. The summed E-state index contributed by atoms with van der Waals surface area (Å²) in [6, 6.07) is 11.2. The van der Waals surface area contributed by atoms with Gasteiger partial charge in [0.2, 0.25) is 0 Å². The SMILES string of the molecule is CC[C@]1(O)C[C@H]2CN(CCc3c([nH]c4ccccc34)[C@H](C(=O)OC)[C@H]2c2cc3c(cc2OC)N(C)[C@H]2[C@@](O)(C(=O)NN)[C@H](O)[C@]4(CC)C=CCN5CC[C@]32[C@@H]54)C1. The molecular formula is C43H56N6O7. The molecule has 2 bridgehead atoms. The van der Waals surface area contributed by atoms with Crippen molar-refractivity contribution in [2.24, 2.45) is 17.2 Å². The molecular weight excluding hydrogens is 713 g/mol. The summed E-state index contributed by atoms with van der Waals surface area (Å²) in [6.07, 6.45) is 5.43. The molecule has 6 aliphatic rings. The van der Waals surface area contributed by atoms with Crippen LogP contribution in [0.2, 0.25) is 0 Å². The normalized spacial score (nSPS) is 38.4. The Morgan fingerprint density at radius 2 is 1.88 bits per heavy atom. The Kier molecular flexibility index (Phi) is 8.74. The van der Waals surface area contributed by atoms with Gasteiger partial charge in [-0.15, -0.1) is 0 Å². The highest BCUT2D eigenvalue weighted by Gasteiger charge is 2.78. The second kappa shape index (κ2) is 13.0. The van der Waals surface area contributed by atoms with E-state index in [2.05, 4.69) is 32.3 Å². The molecule has 2 saturated heterocycles. The second-order valence-corrected chi connectivity index (χ2v) is 17.5. The van der Waals surface area contributed by atoms with Crippen LogP contribution < -0.4 is 20.9 Å². The first-order chi connectivity index (χ1) is 26.9. The Balaban J connectivity index is 1.33. The molecule has 1 unspecified atom stereocenters. The average Bonchev–Trinajstić information content (AvgIpc) is 3.87. The lowest BCUT2D eigenvalue weighted by Gasteiger charge is -2.63. The van der Waals surface area contributed by atoms with E-state index in [1.54, 1.807) is 7.11 Å². The number of piperidine rings is 1. The van der Waals surface area contributed by atoms with Crippen LogP contribution in [0.3, 0.4) is 0 Å². The number of rotatable bonds is 6. The van der Waals surface area contributed by atoms with Crippen molar-refractivity contribution >= 4 is 28.5 Å². The van der Waals surface area contributed by atoms with Crippen molar-refractivity contribution in [3.63, 3.8) is 0 Å². The van der Waals surface area contributed by atoms with Gasteiger partial charge in [0, 0.05) is 84.4 Å². The van der Waals surface area contributed by atoms with Gasteiger partial charge >= 0.3 is 5.97 Å². The van der Waals surface area contributed by atoms with Crippen LogP contribution in [0.1, 0.15) is 73.8 Å². The maximum absolute atomic E-state index is 14.6. The number of ether oxygens (including phenoxy) is 2. The molecule has 9 rings (SSSR count). The van der Waals surface area contributed by atoms with Crippen molar-refractivity contribution in [2.45, 2.75) is 92.6 Å². The Hall–Kier alpha value is -3.98. The number of carbonyl (C=O) groups is 2. The van der Waals surface area contributed by atoms with E-state index >= 15 is 0 Å². The predicted octanol–water partition coefficient (Wildman–Crippen LogP) is 2.43. The average molecular weight is 769 g/mol. The quantitative estimate of drug-likeness (QED) is 0.0715. The number of H-pyrrole nitrogens is 1. The Bertz CT molecular complexity index is 2120. The number of aromatic nitrogens is 1. The predicted molar refractivity (Wildman–Crippen MR) is 211 cm³/mol. The first kappa shape index (κ1) is 37.6. The number of aliphatic hydroxyl groups excluding tert-OH is 1. The van der Waals surface area contributed by atoms with E-state index in [-0.39, 0.29) is 17.9 Å². The zero-order valence-corrected chi connectivity index (χ0v) is 33.0. The van der Waals surface area contributed by atoms with Crippen molar-refractivity contribution in [1.29, 1.82) is 0 Å². The first-order valence-electron chi connectivity index (χ1n) is 20.3. The van der Waals surface area contributed by atoms with Crippen molar-refractivity contribution in [3.05, 3.63) is 70.9 Å². The highest BCUT2D eigenvalue weighted by atomic mass is 16.5. The van der Waals surface area contributed by atoms with Gasteiger partial charge in [-0.3, -0.25) is 24.8 Å². The second-order valence-electron chi connectivity index (χ2n) is 17.5. The number of nitrogens with two attached hydrogens (primary N) is 1. The van der Waals surface area contributed by atoms with Gasteiger partial charge in [0.1, 0.15) is 17.8 Å². The summed E-state index contributed by atoms with van der Waals surface area (Å²) in [5, 5.41) is 38.5. The van der Waals surface area contributed by atoms with Crippen LogP contribution in [-0.2, 0) is 26.2 Å². The Labute approximate surface area is 327 Å². The highest BCUT2D eigenvalue weighted by molar-refractivity contribution is 5.91. The van der Waals surface area contributed by atoms with E-state index in [1.165, 1.54) is 7.11 Å². The maximum Gasteiger partial charge on any atom is 0.315 e. The number of anilines is 1. The van der Waals surface area contributed by atoms with E-state index in [0.29, 0.717) is 64.0 Å². The molecule has 1 spiro atoms. The Morgan fingerprint density at radius 1 is 1.09 bits per heavy atom. The van der Waals surface area contributed by atoms with Crippen LogP contribution in [-0.4, -0.2) is 125 Å². The van der Waals surface area contributed by atoms with Gasteiger partial charge in [0.25, 0.3) is 5.91 Å². The van der Waals surface area contributed by atoms with E-state index in [0.717, 1.165) is 45.5 Å². The molecule has 1 aliphatic carbocycles. The van der Waals surface area contributed by atoms with Crippen molar-refractivity contribution < 1.29 is 34.4 Å². The summed E-state index contributed by atoms with van der Waals surface area (Å²) in [5.41, 5.74) is 2.54. The molecule has 300 valence electrons. The smallest absolute Gasteiger partial charge is 0.315 e. The number of likely N-dealkylation sites (N-methyl/N-ethyl adjacent to an activating group) is 1. The number of hydrogen-bond donors (Lipinski definition) is 6. The zero-order valence-electron chi connectivity index (χ0n) is 33.0. The van der Waals surface area contributed by atoms with Crippen LogP contribution >= 0.6 is 0 Å². The number of para-hydroxylation sites is 1. The summed E-state index contributed by atoms with van der Waals surface area (Å²) in [5.74, 6) is 3.73. The largest absolute Gasteiger partial charge is 0.496 e. The summed E-state index contributed by atoms with van der Waals surface area (Å²) >= 11 is 0. The molecule has 56 heavy (non-hydrogen) atoms. The minimum atomic E-state index is -2.28. The molecule has 2 aromatic carbocycles. The van der Waals surface area contributed by atoms with Crippen LogP contribution in [0.25, 0.3) is 10.9 Å². The van der Waals surface area contributed by atoms with Crippen molar-refractivity contribution in [2.75, 3.05) is 58.9 Å². The number of fused-ring (bicyclic) bond motifs is 6. The number of carbonyl (C=O) groups excluding carboxylic acids is 2. The molecule has 13 nitrogen and oxygen atoms in total. The fourth-order valence-electron chi connectivity index (χ4n) is 13.1. The summed E-state index contributed by atoms with van der Waals surface area (Å²) < 4.78 is 12.0. The molecule has 3 fully saturated rings. The van der Waals surface area contributed by atoms with Crippen molar-refractivity contribution in [1.82, 2.24) is 20.2 Å². The standard InChI is InChI=1S/C43H56N6O7/c1-6-40(53)21-24-22-48(23-40)17-13-26-25-11-8-9-12-29(25)45-34(26)33(35(50)56-5)32(24)27-19-28-30(20-31(27)55-4)47(3)37-42(28)15-18-49-16-10-14-41(7-2,36(42)49)38(51)43(37,54)39(52)46-44/h8-12,14,19-20,24,32-33,36-38,45,51,53-54H,6-7,13,15-18,21-23,44H2,1-5H3,(H,46,52)/t24-,32+,33+,36-,37+,38+,40-,41+,42+,43-/m0/s1. The number of methoxy groups -OCH3 is 2. The van der Waals surface area contributed by atoms with Gasteiger partial charge < -0.3 is 34.7 Å². The van der Waals surface area contributed by atoms with Crippen LogP contribution in [0.4, 0.5) is 5.69 Å². The molecule has 6 heterocycles. The molecule has 11 atom stereocenters. The van der Waals surface area contributed by atoms with E-state index < -0.39 is 51.9 Å². The number of nitrogens with one attached hydrogen (secondary N) is 2. The number of aromatic amines is 1. The van der Waals surface area contributed by atoms with Crippen LogP contribution in [0.5, 0.6) is 5.75 Å². The summed E-state index contributed by atoms with van der Waals surface area (Å²) in [7, 11) is 4.94. The lowest BCUT2D eigenvalue weighted by Crippen LogP contribution is -2.82. The first-order valence-corrected chi connectivity index (χ1v) is 20.3. The van der Waals surface area contributed by atoms with Gasteiger partial charge in [-0.1, -0.05) is 44.2 Å². The molecule has 5 aliphatic heterocycles. The zero-order chi connectivity index (χ0) is 39.5. The fraction of sp³-hybridized carbons (Fsp3) is 0.581. The molecule has 7 N–H and O–H groups in total. The monoisotopic (exact) mass is 768 g/mol. The molecule has 1 aromatic heterocycles. The number of hydrogen-bond acceptors (Lipinski definition) is 11. The molecule has 1 saturated carbocycles. The molecule has 1 amide bonds. The number of nitrogens with zero attached hydrogens (tertiary/aromatic N) is 3. The van der Waals surface area contributed by atoms with E-state index in [9.17, 15) is 24.9 Å². The van der Waals surface area contributed by atoms with E-state index in [4.69, 9.17) is 15.3 Å². The van der Waals surface area contributed by atoms with E-state index in [1.807, 2.05) is 62.2 Å². The number of hydrazine groups is 1. The van der Waals surface area contributed by atoms with Gasteiger partial charge in [-0.05, 0) is 73.4 Å². The molecule has 13 heteroatoms. The molecule has 0 radical (unpaired) electrons. The minimum Gasteiger partial charge on any atom is -0.496 e. The Morgan fingerprint density at radius 3 is 2.59 bits per heavy atom. The lowest BCUT2D eigenvalue weighted by atomic mass is 9.47. The summed E-state index contributed by atoms with van der Waals surface area (Å²) in [4.78, 5) is 39.0. The fourth-order valence-corrected chi connectivity index (χ4v) is 13.1. The minimum absolute atomic E-state index is 0.185. The third kappa shape index (κ3) is 4.75. The van der Waals surface area contributed by atoms with Gasteiger partial charge in [-0.25, -0.2) is 5.84 Å². The van der Waals surface area contributed by atoms with Crippen LogP contribution in [0.15, 0.2) is 48.6 Å². The third-order valence-electron chi connectivity index (χ3n) is 15.3. The number of amides is 1. The number of benzene rings is 2. The van der Waals surface area contributed by atoms with Gasteiger partial charge in [0.15, 0.2) is 5.60 Å². The van der Waals surface area contributed by atoms with Crippen LogP contribution in [0, 0.1) is 11.3 Å².